The number of rotatable bonds is 4. The molecule has 0 aromatic heterocycles. The molecule has 2 rings (SSSR count). The number of carbonyl (C=O) groups excluding carboxylic acids is 1. The molecule has 0 aliphatic carbocycles. The Hall–Kier alpha value is -1.40. The molecular formula is C13H15BrN2O3. The van der Waals surface area contributed by atoms with Crippen LogP contribution in [0.5, 0.6) is 0 Å². The van der Waals surface area contributed by atoms with E-state index in [4.69, 9.17) is 5.73 Å². The van der Waals surface area contributed by atoms with Crippen LogP contribution in [0.15, 0.2) is 28.7 Å². The molecule has 1 aliphatic rings. The van der Waals surface area contributed by atoms with Crippen LogP contribution in [-0.2, 0) is 16.0 Å². The number of nitrogens with two attached hydrogens (primary N) is 1. The maximum absolute atomic E-state index is 11.8. The molecule has 0 spiro atoms. The monoisotopic (exact) mass is 326 g/mol. The van der Waals surface area contributed by atoms with Crippen LogP contribution in [0.3, 0.4) is 0 Å². The molecule has 1 fully saturated rings. The van der Waals surface area contributed by atoms with E-state index in [1.54, 1.807) is 0 Å². The average molecular weight is 327 g/mol. The standard InChI is InChI=1S/C13H15BrN2O3/c14-10-4-2-1-3-8(10)5-11(13(18)19)16-7-9(15)6-12(16)17/h1-4,9,11H,5-7,15H2,(H,18,19)/t9?,11-/m0/s1. The number of halogens is 1. The number of likely N-dealkylation sites (tertiary alicyclic amines) is 1. The molecule has 19 heavy (non-hydrogen) atoms. The van der Waals surface area contributed by atoms with Gasteiger partial charge in [0.15, 0.2) is 0 Å². The summed E-state index contributed by atoms with van der Waals surface area (Å²) < 4.78 is 0.845. The molecular weight excluding hydrogens is 312 g/mol. The molecule has 1 aromatic carbocycles. The van der Waals surface area contributed by atoms with Crippen LogP contribution in [-0.4, -0.2) is 40.5 Å². The Morgan fingerprint density at radius 1 is 1.53 bits per heavy atom. The van der Waals surface area contributed by atoms with Crippen molar-refractivity contribution in [1.29, 1.82) is 0 Å². The highest BCUT2D eigenvalue weighted by molar-refractivity contribution is 9.10. The van der Waals surface area contributed by atoms with Gasteiger partial charge >= 0.3 is 5.97 Å². The lowest BCUT2D eigenvalue weighted by molar-refractivity contribution is -0.148. The average Bonchev–Trinajstić information content (AvgIpc) is 2.67. The summed E-state index contributed by atoms with van der Waals surface area (Å²) in [6.45, 7) is 0.306. The molecule has 6 heteroatoms. The zero-order valence-electron chi connectivity index (χ0n) is 10.3. The number of carboxylic acid groups (broad SMARTS) is 1. The van der Waals surface area contributed by atoms with Gasteiger partial charge in [0.2, 0.25) is 5.91 Å². The van der Waals surface area contributed by atoms with Crippen LogP contribution in [0.2, 0.25) is 0 Å². The topological polar surface area (TPSA) is 83.6 Å². The highest BCUT2D eigenvalue weighted by atomic mass is 79.9. The first-order valence-electron chi connectivity index (χ1n) is 6.00. The van der Waals surface area contributed by atoms with Gasteiger partial charge in [0.1, 0.15) is 6.04 Å². The van der Waals surface area contributed by atoms with E-state index in [0.29, 0.717) is 6.54 Å². The second-order valence-corrected chi connectivity index (χ2v) is 5.51. The van der Waals surface area contributed by atoms with Crippen LogP contribution in [0.25, 0.3) is 0 Å². The highest BCUT2D eigenvalue weighted by Crippen LogP contribution is 2.22. The summed E-state index contributed by atoms with van der Waals surface area (Å²) >= 11 is 3.39. The largest absolute Gasteiger partial charge is 0.480 e. The van der Waals surface area contributed by atoms with E-state index in [1.807, 2.05) is 24.3 Å². The lowest BCUT2D eigenvalue weighted by Gasteiger charge is -2.24. The summed E-state index contributed by atoms with van der Waals surface area (Å²) in [4.78, 5) is 24.5. The molecule has 0 bridgehead atoms. The smallest absolute Gasteiger partial charge is 0.326 e. The van der Waals surface area contributed by atoms with E-state index in [-0.39, 0.29) is 24.8 Å². The van der Waals surface area contributed by atoms with Gasteiger partial charge < -0.3 is 15.7 Å². The Labute approximate surface area is 119 Å². The second-order valence-electron chi connectivity index (χ2n) is 4.66. The molecule has 1 amide bonds. The minimum absolute atomic E-state index is 0.188. The fourth-order valence-electron chi connectivity index (χ4n) is 2.26. The SMILES string of the molecule is NC1CC(=O)N([C@@H](Cc2ccccc2Br)C(=O)O)C1. The van der Waals surface area contributed by atoms with Gasteiger partial charge in [-0.1, -0.05) is 34.1 Å². The lowest BCUT2D eigenvalue weighted by atomic mass is 10.0. The van der Waals surface area contributed by atoms with Crippen molar-refractivity contribution in [3.8, 4) is 0 Å². The molecule has 1 saturated heterocycles. The maximum atomic E-state index is 11.8. The van der Waals surface area contributed by atoms with Gasteiger partial charge in [-0.2, -0.15) is 0 Å². The quantitative estimate of drug-likeness (QED) is 0.864. The molecule has 1 aliphatic heterocycles. The molecule has 0 saturated carbocycles. The minimum Gasteiger partial charge on any atom is -0.480 e. The summed E-state index contributed by atoms with van der Waals surface area (Å²) in [6.07, 6.45) is 0.495. The van der Waals surface area contributed by atoms with Gasteiger partial charge in [-0.3, -0.25) is 4.79 Å². The van der Waals surface area contributed by atoms with Gasteiger partial charge in [0.05, 0.1) is 0 Å². The number of amides is 1. The van der Waals surface area contributed by atoms with Gasteiger partial charge in [0, 0.05) is 29.9 Å². The first-order chi connectivity index (χ1) is 8.99. The highest BCUT2D eigenvalue weighted by Gasteiger charge is 2.36. The summed E-state index contributed by atoms with van der Waals surface area (Å²) in [5.41, 5.74) is 6.58. The van der Waals surface area contributed by atoms with Gasteiger partial charge in [0.25, 0.3) is 0 Å². The molecule has 1 unspecified atom stereocenters. The fraction of sp³-hybridized carbons (Fsp3) is 0.385. The van der Waals surface area contributed by atoms with Gasteiger partial charge in [-0.25, -0.2) is 4.79 Å². The van der Waals surface area contributed by atoms with E-state index >= 15 is 0 Å². The van der Waals surface area contributed by atoms with Crippen molar-refractivity contribution in [2.75, 3.05) is 6.54 Å². The summed E-state index contributed by atoms with van der Waals surface area (Å²) in [5.74, 6) is -1.19. The number of benzene rings is 1. The van der Waals surface area contributed by atoms with E-state index in [9.17, 15) is 14.7 Å². The Morgan fingerprint density at radius 3 is 2.74 bits per heavy atom. The van der Waals surface area contributed by atoms with Crippen molar-refractivity contribution < 1.29 is 14.7 Å². The molecule has 5 nitrogen and oxygen atoms in total. The Balaban J connectivity index is 2.20. The third kappa shape index (κ3) is 3.13. The molecule has 0 radical (unpaired) electrons. The van der Waals surface area contributed by atoms with Crippen molar-refractivity contribution in [2.45, 2.75) is 24.9 Å². The van der Waals surface area contributed by atoms with Crippen LogP contribution < -0.4 is 5.73 Å². The van der Waals surface area contributed by atoms with Crippen molar-refractivity contribution in [3.05, 3.63) is 34.3 Å². The van der Waals surface area contributed by atoms with Crippen molar-refractivity contribution in [2.24, 2.45) is 5.73 Å². The Kier molecular flexibility index (Phi) is 4.21. The van der Waals surface area contributed by atoms with Crippen LogP contribution in [0, 0.1) is 0 Å². The molecule has 2 atom stereocenters. The van der Waals surface area contributed by atoms with Gasteiger partial charge in [-0.05, 0) is 11.6 Å². The summed E-state index contributed by atoms with van der Waals surface area (Å²) in [5, 5.41) is 9.34. The Bertz CT molecular complexity index is 506. The molecule has 1 heterocycles. The number of hydrogen-bond donors (Lipinski definition) is 2. The number of aliphatic carboxylic acids is 1. The number of nitrogens with zero attached hydrogens (tertiary/aromatic N) is 1. The molecule has 3 N–H and O–H groups in total. The van der Waals surface area contributed by atoms with E-state index < -0.39 is 12.0 Å². The van der Waals surface area contributed by atoms with Crippen LogP contribution in [0.4, 0.5) is 0 Å². The zero-order valence-corrected chi connectivity index (χ0v) is 11.8. The first kappa shape index (κ1) is 14.0. The fourth-order valence-corrected chi connectivity index (χ4v) is 2.71. The van der Waals surface area contributed by atoms with E-state index in [1.165, 1.54) is 4.90 Å². The predicted octanol–water partition coefficient (Wildman–Crippen LogP) is 1.00. The normalized spacial score (nSPS) is 20.6. The number of carboxylic acids is 1. The lowest BCUT2D eigenvalue weighted by Crippen LogP contribution is -2.44. The first-order valence-corrected chi connectivity index (χ1v) is 6.79. The third-order valence-electron chi connectivity index (χ3n) is 3.22. The number of hydrogen-bond acceptors (Lipinski definition) is 3. The summed E-state index contributed by atoms with van der Waals surface area (Å²) in [7, 11) is 0. The van der Waals surface area contributed by atoms with Crippen molar-refractivity contribution in [3.63, 3.8) is 0 Å². The summed E-state index contributed by atoms with van der Waals surface area (Å²) in [6, 6.07) is 6.27. The van der Waals surface area contributed by atoms with E-state index in [0.717, 1.165) is 10.0 Å². The number of carbonyl (C=O) groups is 2. The molecule has 102 valence electrons. The maximum Gasteiger partial charge on any atom is 0.326 e. The predicted molar refractivity (Wildman–Crippen MR) is 73.6 cm³/mol. The second kappa shape index (κ2) is 5.71. The van der Waals surface area contributed by atoms with Crippen molar-refractivity contribution >= 4 is 27.8 Å². The Morgan fingerprint density at radius 2 is 2.21 bits per heavy atom. The molecule has 1 aromatic rings. The van der Waals surface area contributed by atoms with Crippen LogP contribution in [0.1, 0.15) is 12.0 Å². The minimum atomic E-state index is -1.00. The van der Waals surface area contributed by atoms with Crippen molar-refractivity contribution in [1.82, 2.24) is 4.90 Å². The van der Waals surface area contributed by atoms with E-state index in [2.05, 4.69) is 15.9 Å². The van der Waals surface area contributed by atoms with Gasteiger partial charge in [-0.15, -0.1) is 0 Å². The van der Waals surface area contributed by atoms with Crippen LogP contribution >= 0.6 is 15.9 Å². The zero-order chi connectivity index (χ0) is 14.0. The third-order valence-corrected chi connectivity index (χ3v) is 3.99.